The van der Waals surface area contributed by atoms with Crippen molar-refractivity contribution in [3.63, 3.8) is 0 Å². The van der Waals surface area contributed by atoms with Crippen LogP contribution in [0.25, 0.3) is 0 Å². The fourth-order valence-electron chi connectivity index (χ4n) is 2.65. The van der Waals surface area contributed by atoms with E-state index < -0.39 is 0 Å². The van der Waals surface area contributed by atoms with E-state index in [1.807, 2.05) is 4.90 Å². The van der Waals surface area contributed by atoms with Gasteiger partial charge in [0.15, 0.2) is 5.82 Å². The fourth-order valence-corrected chi connectivity index (χ4v) is 2.65. The van der Waals surface area contributed by atoms with Crippen LogP contribution in [-0.4, -0.2) is 45.7 Å². The van der Waals surface area contributed by atoms with Gasteiger partial charge in [-0.1, -0.05) is 6.08 Å². The van der Waals surface area contributed by atoms with Crippen molar-refractivity contribution >= 4 is 6.03 Å². The first kappa shape index (κ1) is 13.1. The summed E-state index contributed by atoms with van der Waals surface area (Å²) in [5, 5.41) is 10.2. The van der Waals surface area contributed by atoms with Crippen LogP contribution in [0, 0.1) is 0 Å². The molecule has 2 N–H and O–H groups in total. The minimum atomic E-state index is -0.0208. The average Bonchev–Trinajstić information content (AvgIpc) is 3.22. The van der Waals surface area contributed by atoms with Gasteiger partial charge >= 0.3 is 6.03 Å². The highest BCUT2D eigenvalue weighted by molar-refractivity contribution is 5.74. The van der Waals surface area contributed by atoms with Crippen LogP contribution in [0.3, 0.4) is 0 Å². The third-order valence-corrected chi connectivity index (χ3v) is 3.96. The average molecular weight is 275 g/mol. The lowest BCUT2D eigenvalue weighted by Crippen LogP contribution is -2.45. The van der Waals surface area contributed by atoms with E-state index in [-0.39, 0.29) is 11.9 Å². The SMILES string of the molecule is C=CCNC(=O)N1CCCC(c2n[nH]c(C3CC3)n2)C1. The van der Waals surface area contributed by atoms with Gasteiger partial charge in [-0.25, -0.2) is 9.78 Å². The Labute approximate surface area is 118 Å². The number of aromatic nitrogens is 3. The standard InChI is InChI=1S/C14H21N5O/c1-2-7-15-14(20)19-8-3-4-11(9-19)13-16-12(17-18-13)10-5-6-10/h2,10-11H,1,3-9H2,(H,15,20)(H,16,17,18). The van der Waals surface area contributed by atoms with Crippen molar-refractivity contribution in [3.05, 3.63) is 24.3 Å². The second-order valence-electron chi connectivity index (χ2n) is 5.61. The summed E-state index contributed by atoms with van der Waals surface area (Å²) in [4.78, 5) is 18.4. The van der Waals surface area contributed by atoms with Crippen molar-refractivity contribution < 1.29 is 4.79 Å². The number of piperidine rings is 1. The zero-order chi connectivity index (χ0) is 13.9. The minimum absolute atomic E-state index is 0.0208. The predicted octanol–water partition coefficient (Wildman–Crippen LogP) is 1.76. The molecule has 2 aliphatic rings. The molecule has 1 atom stereocenters. The Kier molecular flexibility index (Phi) is 3.71. The van der Waals surface area contributed by atoms with Crippen LogP contribution in [0.2, 0.25) is 0 Å². The molecule has 2 heterocycles. The lowest BCUT2D eigenvalue weighted by atomic mass is 9.97. The molecule has 6 heteroatoms. The highest BCUT2D eigenvalue weighted by Gasteiger charge is 2.30. The Morgan fingerprint density at radius 2 is 2.30 bits per heavy atom. The number of H-pyrrole nitrogens is 1. The molecule has 1 aliphatic heterocycles. The molecule has 108 valence electrons. The van der Waals surface area contributed by atoms with Crippen LogP contribution in [0.5, 0.6) is 0 Å². The number of hydrogen-bond donors (Lipinski definition) is 2. The Balaban J connectivity index is 1.61. The van der Waals surface area contributed by atoms with Crippen LogP contribution in [0.1, 0.15) is 49.2 Å². The van der Waals surface area contributed by atoms with E-state index in [0.717, 1.165) is 31.0 Å². The molecule has 0 aromatic carbocycles. The highest BCUT2D eigenvalue weighted by Crippen LogP contribution is 2.38. The van der Waals surface area contributed by atoms with Gasteiger partial charge in [-0.15, -0.1) is 6.58 Å². The Hall–Kier alpha value is -1.85. The zero-order valence-corrected chi connectivity index (χ0v) is 11.6. The monoisotopic (exact) mass is 275 g/mol. The lowest BCUT2D eigenvalue weighted by Gasteiger charge is -2.31. The first-order valence-electron chi connectivity index (χ1n) is 7.34. The molecule has 1 aromatic rings. The fraction of sp³-hybridized carbons (Fsp3) is 0.643. The Morgan fingerprint density at radius 3 is 3.05 bits per heavy atom. The van der Waals surface area contributed by atoms with Crippen molar-refractivity contribution in [2.45, 2.75) is 37.5 Å². The van der Waals surface area contributed by atoms with E-state index in [1.165, 1.54) is 12.8 Å². The van der Waals surface area contributed by atoms with Crippen LogP contribution >= 0.6 is 0 Å². The second kappa shape index (κ2) is 5.64. The summed E-state index contributed by atoms with van der Waals surface area (Å²) in [6, 6.07) is -0.0208. The van der Waals surface area contributed by atoms with Crippen molar-refractivity contribution in [1.82, 2.24) is 25.4 Å². The number of carbonyl (C=O) groups is 1. The summed E-state index contributed by atoms with van der Waals surface area (Å²) in [5.74, 6) is 2.73. The molecule has 0 radical (unpaired) electrons. The molecule has 3 rings (SSSR count). The van der Waals surface area contributed by atoms with E-state index in [1.54, 1.807) is 6.08 Å². The quantitative estimate of drug-likeness (QED) is 0.822. The molecule has 6 nitrogen and oxygen atoms in total. The maximum absolute atomic E-state index is 12.0. The van der Waals surface area contributed by atoms with Crippen LogP contribution < -0.4 is 5.32 Å². The van der Waals surface area contributed by atoms with Gasteiger partial charge in [0.1, 0.15) is 5.82 Å². The van der Waals surface area contributed by atoms with Gasteiger partial charge in [-0.2, -0.15) is 5.10 Å². The molecule has 0 bridgehead atoms. The molecule has 2 fully saturated rings. The van der Waals surface area contributed by atoms with Crippen molar-refractivity contribution in [3.8, 4) is 0 Å². The first-order chi connectivity index (χ1) is 9.78. The number of aromatic amines is 1. The maximum Gasteiger partial charge on any atom is 0.317 e. The Morgan fingerprint density at radius 1 is 1.45 bits per heavy atom. The van der Waals surface area contributed by atoms with E-state index in [4.69, 9.17) is 0 Å². The van der Waals surface area contributed by atoms with Gasteiger partial charge in [-0.05, 0) is 25.7 Å². The van der Waals surface area contributed by atoms with E-state index in [0.29, 0.717) is 19.0 Å². The third kappa shape index (κ3) is 2.84. The molecule has 20 heavy (non-hydrogen) atoms. The molecule has 1 unspecified atom stereocenters. The molecule has 1 saturated carbocycles. The van der Waals surface area contributed by atoms with Crippen molar-refractivity contribution in [1.29, 1.82) is 0 Å². The number of rotatable bonds is 4. The van der Waals surface area contributed by atoms with Gasteiger partial charge in [0.2, 0.25) is 0 Å². The number of hydrogen-bond acceptors (Lipinski definition) is 3. The first-order valence-corrected chi connectivity index (χ1v) is 7.34. The summed E-state index contributed by atoms with van der Waals surface area (Å²) in [6.07, 6.45) is 6.17. The third-order valence-electron chi connectivity index (χ3n) is 3.96. The molecular formula is C14H21N5O. The molecule has 2 amide bonds. The van der Waals surface area contributed by atoms with Crippen LogP contribution in [-0.2, 0) is 0 Å². The largest absolute Gasteiger partial charge is 0.335 e. The van der Waals surface area contributed by atoms with Crippen molar-refractivity contribution in [2.75, 3.05) is 19.6 Å². The van der Waals surface area contributed by atoms with E-state index in [2.05, 4.69) is 27.1 Å². The summed E-state index contributed by atoms with van der Waals surface area (Å²) in [5.41, 5.74) is 0. The summed E-state index contributed by atoms with van der Waals surface area (Å²) in [6.45, 7) is 5.62. The summed E-state index contributed by atoms with van der Waals surface area (Å²) < 4.78 is 0. The Bertz CT molecular complexity index is 494. The highest BCUT2D eigenvalue weighted by atomic mass is 16.2. The molecule has 0 spiro atoms. The number of nitrogens with one attached hydrogen (secondary N) is 2. The van der Waals surface area contributed by atoms with Gasteiger partial charge < -0.3 is 10.2 Å². The molecular weight excluding hydrogens is 254 g/mol. The second-order valence-corrected chi connectivity index (χ2v) is 5.61. The molecule has 1 aromatic heterocycles. The summed E-state index contributed by atoms with van der Waals surface area (Å²) in [7, 11) is 0. The number of likely N-dealkylation sites (tertiary alicyclic amines) is 1. The predicted molar refractivity (Wildman–Crippen MR) is 75.5 cm³/mol. The number of carbonyl (C=O) groups excluding carboxylic acids is 1. The zero-order valence-electron chi connectivity index (χ0n) is 11.6. The van der Waals surface area contributed by atoms with Crippen LogP contribution in [0.4, 0.5) is 4.79 Å². The number of amides is 2. The van der Waals surface area contributed by atoms with E-state index >= 15 is 0 Å². The maximum atomic E-state index is 12.0. The number of urea groups is 1. The van der Waals surface area contributed by atoms with E-state index in [9.17, 15) is 4.79 Å². The van der Waals surface area contributed by atoms with Crippen molar-refractivity contribution in [2.24, 2.45) is 0 Å². The van der Waals surface area contributed by atoms with Gasteiger partial charge in [0, 0.05) is 31.5 Å². The molecule has 1 aliphatic carbocycles. The lowest BCUT2D eigenvalue weighted by molar-refractivity contribution is 0.179. The molecule has 1 saturated heterocycles. The number of nitrogens with zero attached hydrogens (tertiary/aromatic N) is 3. The van der Waals surface area contributed by atoms with Gasteiger partial charge in [0.25, 0.3) is 0 Å². The topological polar surface area (TPSA) is 73.9 Å². The normalized spacial score (nSPS) is 22.6. The van der Waals surface area contributed by atoms with Gasteiger partial charge in [-0.3, -0.25) is 5.10 Å². The summed E-state index contributed by atoms with van der Waals surface area (Å²) >= 11 is 0. The smallest absolute Gasteiger partial charge is 0.317 e. The van der Waals surface area contributed by atoms with Crippen LogP contribution in [0.15, 0.2) is 12.7 Å². The van der Waals surface area contributed by atoms with Gasteiger partial charge in [0.05, 0.1) is 0 Å². The minimum Gasteiger partial charge on any atom is -0.335 e.